The van der Waals surface area contributed by atoms with E-state index in [0.717, 1.165) is 30.4 Å². The Morgan fingerprint density at radius 3 is 2.88 bits per heavy atom. The normalized spacial score (nSPS) is 16.2. The van der Waals surface area contributed by atoms with Crippen LogP contribution in [0.2, 0.25) is 0 Å². The van der Waals surface area contributed by atoms with E-state index in [1.807, 2.05) is 11.2 Å². The summed E-state index contributed by atoms with van der Waals surface area (Å²) in [5.41, 5.74) is 0. The second-order valence-electron chi connectivity index (χ2n) is 3.48. The van der Waals surface area contributed by atoms with E-state index < -0.39 is 0 Å². The molecule has 0 spiro atoms. The molecule has 1 fully saturated rings. The highest BCUT2D eigenvalue weighted by Gasteiger charge is 2.30. The molecule has 0 N–H and O–H groups in total. The van der Waals surface area contributed by atoms with Gasteiger partial charge in [0.15, 0.2) is 4.34 Å². The van der Waals surface area contributed by atoms with Crippen LogP contribution < -0.4 is 4.90 Å². The monoisotopic (exact) mass is 258 g/mol. The summed E-state index contributed by atoms with van der Waals surface area (Å²) in [5.74, 6) is 0. The Balaban J connectivity index is 2.08. The van der Waals surface area contributed by atoms with Crippen LogP contribution in [0.25, 0.3) is 0 Å². The maximum Gasteiger partial charge on any atom is 0.326 e. The van der Waals surface area contributed by atoms with E-state index >= 15 is 0 Å². The SMILES string of the molecule is CCCN1CCN(c2nnc(SC)s2)C1=O. The Bertz CT molecular complexity index is 381. The van der Waals surface area contributed by atoms with Crippen LogP contribution in [0.3, 0.4) is 0 Å². The lowest BCUT2D eigenvalue weighted by Crippen LogP contribution is -2.32. The number of rotatable bonds is 4. The van der Waals surface area contributed by atoms with Crippen LogP contribution in [-0.2, 0) is 0 Å². The van der Waals surface area contributed by atoms with E-state index in [2.05, 4.69) is 17.1 Å². The molecule has 0 aromatic carbocycles. The van der Waals surface area contributed by atoms with Crippen molar-refractivity contribution in [2.24, 2.45) is 0 Å². The van der Waals surface area contributed by atoms with Crippen molar-refractivity contribution < 1.29 is 4.79 Å². The molecular weight excluding hydrogens is 244 g/mol. The van der Waals surface area contributed by atoms with Gasteiger partial charge in [0.2, 0.25) is 5.13 Å². The maximum atomic E-state index is 12.0. The molecule has 0 radical (unpaired) electrons. The van der Waals surface area contributed by atoms with Gasteiger partial charge in [-0.25, -0.2) is 4.79 Å². The van der Waals surface area contributed by atoms with Crippen LogP contribution in [0.5, 0.6) is 0 Å². The molecule has 2 heterocycles. The van der Waals surface area contributed by atoms with Crippen molar-refractivity contribution in [3.8, 4) is 0 Å². The number of urea groups is 1. The fourth-order valence-corrected chi connectivity index (χ4v) is 2.91. The van der Waals surface area contributed by atoms with E-state index in [1.54, 1.807) is 16.7 Å². The molecule has 1 saturated heterocycles. The van der Waals surface area contributed by atoms with Crippen LogP contribution >= 0.6 is 23.1 Å². The number of anilines is 1. The van der Waals surface area contributed by atoms with Crippen molar-refractivity contribution in [1.82, 2.24) is 15.1 Å². The number of nitrogens with zero attached hydrogens (tertiary/aromatic N) is 4. The number of hydrogen-bond acceptors (Lipinski definition) is 5. The molecule has 0 bridgehead atoms. The highest BCUT2D eigenvalue weighted by Crippen LogP contribution is 2.28. The summed E-state index contributed by atoms with van der Waals surface area (Å²) in [7, 11) is 0. The lowest BCUT2D eigenvalue weighted by molar-refractivity contribution is 0.220. The number of carbonyl (C=O) groups is 1. The maximum absolute atomic E-state index is 12.0. The zero-order chi connectivity index (χ0) is 11.5. The third-order valence-electron chi connectivity index (χ3n) is 2.39. The van der Waals surface area contributed by atoms with Gasteiger partial charge in [-0.1, -0.05) is 30.0 Å². The van der Waals surface area contributed by atoms with Crippen LogP contribution in [0.15, 0.2) is 4.34 Å². The first-order chi connectivity index (χ1) is 7.76. The molecule has 1 aliphatic heterocycles. The van der Waals surface area contributed by atoms with Gasteiger partial charge in [-0.15, -0.1) is 10.2 Å². The number of amides is 2. The van der Waals surface area contributed by atoms with Crippen LogP contribution in [0.1, 0.15) is 13.3 Å². The summed E-state index contributed by atoms with van der Waals surface area (Å²) in [6.07, 6.45) is 2.95. The largest absolute Gasteiger partial charge is 0.326 e. The fraction of sp³-hybridized carbons (Fsp3) is 0.667. The second kappa shape index (κ2) is 5.01. The quantitative estimate of drug-likeness (QED) is 0.611. The Morgan fingerprint density at radius 1 is 1.44 bits per heavy atom. The predicted octanol–water partition coefficient (Wildman–Crippen LogP) is 1.91. The van der Waals surface area contributed by atoms with Crippen molar-refractivity contribution >= 4 is 34.3 Å². The van der Waals surface area contributed by atoms with Gasteiger partial charge in [0.1, 0.15) is 0 Å². The predicted molar refractivity (Wildman–Crippen MR) is 66.3 cm³/mol. The van der Waals surface area contributed by atoms with Gasteiger partial charge in [0.25, 0.3) is 0 Å². The van der Waals surface area contributed by atoms with Gasteiger partial charge in [0.05, 0.1) is 0 Å². The van der Waals surface area contributed by atoms with Gasteiger partial charge in [-0.05, 0) is 12.7 Å². The van der Waals surface area contributed by atoms with Gasteiger partial charge < -0.3 is 4.90 Å². The molecule has 1 aromatic heterocycles. The van der Waals surface area contributed by atoms with E-state index in [1.165, 1.54) is 11.3 Å². The first-order valence-corrected chi connectivity index (χ1v) is 7.24. The Labute approximate surface area is 103 Å². The molecule has 0 unspecified atom stereocenters. The van der Waals surface area contributed by atoms with Crippen molar-refractivity contribution in [1.29, 1.82) is 0 Å². The lowest BCUT2D eigenvalue weighted by atomic mass is 10.4. The molecule has 0 aliphatic carbocycles. The van der Waals surface area contributed by atoms with Crippen molar-refractivity contribution in [3.63, 3.8) is 0 Å². The highest BCUT2D eigenvalue weighted by molar-refractivity contribution is 8.00. The van der Waals surface area contributed by atoms with E-state index in [4.69, 9.17) is 0 Å². The fourth-order valence-electron chi connectivity index (χ4n) is 1.63. The number of aromatic nitrogens is 2. The summed E-state index contributed by atoms with van der Waals surface area (Å²) in [5, 5.41) is 8.76. The molecule has 2 rings (SSSR count). The number of thioether (sulfide) groups is 1. The average Bonchev–Trinajstić information content (AvgIpc) is 2.87. The van der Waals surface area contributed by atoms with Gasteiger partial charge in [-0.2, -0.15) is 0 Å². The van der Waals surface area contributed by atoms with Gasteiger partial charge in [0, 0.05) is 19.6 Å². The summed E-state index contributed by atoms with van der Waals surface area (Å²) in [4.78, 5) is 15.6. The Hall–Kier alpha value is -0.820. The first-order valence-electron chi connectivity index (χ1n) is 5.20. The molecule has 7 heteroatoms. The summed E-state index contributed by atoms with van der Waals surface area (Å²) in [6.45, 7) is 4.42. The zero-order valence-electron chi connectivity index (χ0n) is 9.34. The molecule has 1 aliphatic rings. The minimum Gasteiger partial charge on any atom is -0.323 e. The van der Waals surface area contributed by atoms with Crippen LogP contribution in [0.4, 0.5) is 9.93 Å². The lowest BCUT2D eigenvalue weighted by Gasteiger charge is -2.15. The Kier molecular flexibility index (Phi) is 3.65. The molecule has 2 amide bonds. The van der Waals surface area contributed by atoms with Gasteiger partial charge in [-0.3, -0.25) is 4.90 Å². The molecule has 16 heavy (non-hydrogen) atoms. The zero-order valence-corrected chi connectivity index (χ0v) is 11.0. The van der Waals surface area contributed by atoms with E-state index in [9.17, 15) is 4.79 Å². The second-order valence-corrected chi connectivity index (χ2v) is 5.49. The molecule has 0 saturated carbocycles. The third kappa shape index (κ3) is 2.15. The average molecular weight is 258 g/mol. The number of hydrogen-bond donors (Lipinski definition) is 0. The van der Waals surface area contributed by atoms with Gasteiger partial charge >= 0.3 is 6.03 Å². The molecule has 88 valence electrons. The summed E-state index contributed by atoms with van der Waals surface area (Å²) < 4.78 is 0.900. The number of carbonyl (C=O) groups excluding carboxylic acids is 1. The topological polar surface area (TPSA) is 49.3 Å². The smallest absolute Gasteiger partial charge is 0.323 e. The van der Waals surface area contributed by atoms with Crippen LogP contribution in [0, 0.1) is 0 Å². The van der Waals surface area contributed by atoms with Crippen molar-refractivity contribution in [2.75, 3.05) is 30.8 Å². The van der Waals surface area contributed by atoms with Crippen LogP contribution in [-0.4, -0.2) is 47.0 Å². The van der Waals surface area contributed by atoms with E-state index in [0.29, 0.717) is 5.13 Å². The molecule has 0 atom stereocenters. The Morgan fingerprint density at radius 2 is 2.25 bits per heavy atom. The summed E-state index contributed by atoms with van der Waals surface area (Å²) in [6, 6.07) is 0.0608. The third-order valence-corrected chi connectivity index (χ3v) is 4.31. The van der Waals surface area contributed by atoms with Crippen molar-refractivity contribution in [2.45, 2.75) is 17.7 Å². The molecular formula is C9H14N4OS2. The molecule has 5 nitrogen and oxygen atoms in total. The minimum absolute atomic E-state index is 0.0608. The highest BCUT2D eigenvalue weighted by atomic mass is 32.2. The standard InChI is InChI=1S/C9H14N4OS2/c1-3-4-12-5-6-13(9(12)14)7-10-11-8(15-2)16-7/h3-6H2,1-2H3. The minimum atomic E-state index is 0.0608. The van der Waals surface area contributed by atoms with E-state index in [-0.39, 0.29) is 6.03 Å². The summed E-state index contributed by atoms with van der Waals surface area (Å²) >= 11 is 3.03. The molecule has 1 aromatic rings. The first kappa shape index (κ1) is 11.7. The van der Waals surface area contributed by atoms with Crippen molar-refractivity contribution in [3.05, 3.63) is 0 Å².